The summed E-state index contributed by atoms with van der Waals surface area (Å²) in [7, 11) is -3.95. The van der Waals surface area contributed by atoms with Crippen LogP contribution in [-0.2, 0) is 10.0 Å². The standard InChI is InChI=1S/C20H19F3N4O4S/c1-11(16-10-25-19(28)15-9-18(23)17(22)8-14(15)16)27(6-7-32(24,30)31)20(29)26-13-4-2-12(21)3-5-13/h2-5,8-11H,6-7H2,1H3,(H,25,28)(H,26,29)(H2,24,30,31)/t11-/m0/s1. The van der Waals surface area contributed by atoms with Crippen LogP contribution in [0.15, 0.2) is 47.4 Å². The van der Waals surface area contributed by atoms with E-state index in [1.807, 2.05) is 0 Å². The number of primary sulfonamides is 1. The molecule has 4 N–H and O–H groups in total. The van der Waals surface area contributed by atoms with Crippen molar-refractivity contribution in [2.75, 3.05) is 17.6 Å². The molecule has 2 aromatic carbocycles. The third-order valence-electron chi connectivity index (χ3n) is 4.87. The lowest BCUT2D eigenvalue weighted by Gasteiger charge is -2.30. The molecule has 12 heteroatoms. The van der Waals surface area contributed by atoms with Crippen molar-refractivity contribution in [2.24, 2.45) is 5.14 Å². The fourth-order valence-corrected chi connectivity index (χ4v) is 3.66. The Morgan fingerprint density at radius 1 is 1.12 bits per heavy atom. The van der Waals surface area contributed by atoms with Crippen LogP contribution in [0.5, 0.6) is 0 Å². The maximum absolute atomic E-state index is 13.9. The monoisotopic (exact) mass is 468 g/mol. The number of amides is 2. The highest BCUT2D eigenvalue weighted by Gasteiger charge is 2.25. The lowest BCUT2D eigenvalue weighted by molar-refractivity contribution is 0.197. The molecular formula is C20H19F3N4O4S. The van der Waals surface area contributed by atoms with E-state index in [1.54, 1.807) is 0 Å². The van der Waals surface area contributed by atoms with Crippen LogP contribution in [0.2, 0.25) is 0 Å². The zero-order valence-corrected chi connectivity index (χ0v) is 17.5. The number of carbonyl (C=O) groups is 1. The van der Waals surface area contributed by atoms with E-state index < -0.39 is 50.9 Å². The Labute approximate surface area is 180 Å². The summed E-state index contributed by atoms with van der Waals surface area (Å²) in [5, 5.41) is 7.50. The fraction of sp³-hybridized carbons (Fsp3) is 0.200. The highest BCUT2D eigenvalue weighted by molar-refractivity contribution is 7.89. The zero-order chi connectivity index (χ0) is 23.6. The number of nitrogens with one attached hydrogen (secondary N) is 2. The number of nitrogens with two attached hydrogens (primary N) is 1. The summed E-state index contributed by atoms with van der Waals surface area (Å²) in [6.07, 6.45) is 1.24. The minimum absolute atomic E-state index is 0.0512. The van der Waals surface area contributed by atoms with Crippen LogP contribution in [-0.4, -0.2) is 36.6 Å². The third-order valence-corrected chi connectivity index (χ3v) is 5.62. The van der Waals surface area contributed by atoms with Crippen molar-refractivity contribution in [1.82, 2.24) is 9.88 Å². The molecule has 0 unspecified atom stereocenters. The van der Waals surface area contributed by atoms with Gasteiger partial charge in [0.25, 0.3) is 5.56 Å². The third kappa shape index (κ3) is 5.26. The van der Waals surface area contributed by atoms with Gasteiger partial charge in [0.15, 0.2) is 11.6 Å². The van der Waals surface area contributed by atoms with Gasteiger partial charge in [-0.3, -0.25) is 4.79 Å². The van der Waals surface area contributed by atoms with Gasteiger partial charge in [0.1, 0.15) is 5.82 Å². The number of urea groups is 1. The predicted molar refractivity (Wildman–Crippen MR) is 113 cm³/mol. The molecule has 0 saturated heterocycles. The normalized spacial score (nSPS) is 12.5. The Kier molecular flexibility index (Phi) is 6.55. The lowest BCUT2D eigenvalue weighted by atomic mass is 10.0. The first-order valence-corrected chi connectivity index (χ1v) is 11.0. The first kappa shape index (κ1) is 23.3. The van der Waals surface area contributed by atoms with E-state index in [4.69, 9.17) is 5.14 Å². The highest BCUT2D eigenvalue weighted by Crippen LogP contribution is 2.28. The van der Waals surface area contributed by atoms with Gasteiger partial charge in [0.05, 0.1) is 17.2 Å². The first-order chi connectivity index (χ1) is 15.0. The molecule has 3 aromatic rings. The summed E-state index contributed by atoms with van der Waals surface area (Å²) < 4.78 is 63.7. The summed E-state index contributed by atoms with van der Waals surface area (Å²) in [4.78, 5) is 28.5. The number of nitrogens with zero attached hydrogens (tertiary/aromatic N) is 1. The van der Waals surface area contributed by atoms with Crippen molar-refractivity contribution in [2.45, 2.75) is 13.0 Å². The van der Waals surface area contributed by atoms with Gasteiger partial charge < -0.3 is 15.2 Å². The molecule has 0 radical (unpaired) electrons. The maximum atomic E-state index is 13.9. The largest absolute Gasteiger partial charge is 0.328 e. The molecule has 8 nitrogen and oxygen atoms in total. The smallest absolute Gasteiger partial charge is 0.322 e. The molecule has 3 rings (SSSR count). The minimum Gasteiger partial charge on any atom is -0.328 e. The minimum atomic E-state index is -3.95. The van der Waals surface area contributed by atoms with E-state index in [-0.39, 0.29) is 28.6 Å². The van der Waals surface area contributed by atoms with Crippen LogP contribution < -0.4 is 16.0 Å². The molecular weight excluding hydrogens is 449 g/mol. The molecule has 1 aromatic heterocycles. The summed E-state index contributed by atoms with van der Waals surface area (Å²) in [6, 6.07) is 4.79. The van der Waals surface area contributed by atoms with Gasteiger partial charge in [0.2, 0.25) is 10.0 Å². The Balaban J connectivity index is 2.03. The summed E-state index contributed by atoms with van der Waals surface area (Å²) >= 11 is 0. The number of aromatic nitrogens is 1. The number of aromatic amines is 1. The molecule has 0 aliphatic heterocycles. The molecule has 1 heterocycles. The van der Waals surface area contributed by atoms with Gasteiger partial charge in [-0.15, -0.1) is 0 Å². The Morgan fingerprint density at radius 2 is 1.72 bits per heavy atom. The maximum Gasteiger partial charge on any atom is 0.322 e. The van der Waals surface area contributed by atoms with Crippen LogP contribution in [0.1, 0.15) is 18.5 Å². The van der Waals surface area contributed by atoms with Crippen LogP contribution in [0, 0.1) is 17.5 Å². The number of anilines is 1. The van der Waals surface area contributed by atoms with E-state index in [0.717, 1.165) is 29.2 Å². The fourth-order valence-electron chi connectivity index (χ4n) is 3.21. The van der Waals surface area contributed by atoms with Crippen LogP contribution >= 0.6 is 0 Å². The van der Waals surface area contributed by atoms with Gasteiger partial charge in [-0.25, -0.2) is 31.5 Å². The number of carbonyl (C=O) groups excluding carboxylic acids is 1. The van der Waals surface area contributed by atoms with Crippen LogP contribution in [0.25, 0.3) is 10.8 Å². The van der Waals surface area contributed by atoms with Crippen molar-refractivity contribution in [3.63, 3.8) is 0 Å². The average Bonchev–Trinajstić information content (AvgIpc) is 2.70. The summed E-state index contributed by atoms with van der Waals surface area (Å²) in [5.74, 6) is -3.51. The number of H-pyrrole nitrogens is 1. The second-order valence-electron chi connectivity index (χ2n) is 7.06. The van der Waals surface area contributed by atoms with Crippen LogP contribution in [0.3, 0.4) is 0 Å². The number of hydrogen-bond donors (Lipinski definition) is 3. The number of halogens is 3. The molecule has 0 bridgehead atoms. The number of fused-ring (bicyclic) bond motifs is 1. The molecule has 0 spiro atoms. The molecule has 0 saturated carbocycles. The molecule has 0 aliphatic carbocycles. The second kappa shape index (κ2) is 9.01. The van der Waals surface area contributed by atoms with Gasteiger partial charge in [-0.05, 0) is 54.3 Å². The molecule has 2 amide bonds. The lowest BCUT2D eigenvalue weighted by Crippen LogP contribution is -2.41. The number of pyridine rings is 1. The Hall–Kier alpha value is -3.38. The molecule has 1 atom stereocenters. The van der Waals surface area contributed by atoms with Crippen molar-refractivity contribution in [3.8, 4) is 0 Å². The first-order valence-electron chi connectivity index (χ1n) is 9.30. The SMILES string of the molecule is C[C@@H](c1c[nH]c(=O)c2cc(F)c(F)cc12)N(CCS(N)(=O)=O)C(=O)Nc1ccc(F)cc1. The number of sulfonamides is 1. The van der Waals surface area contributed by atoms with Crippen LogP contribution in [0.4, 0.5) is 23.7 Å². The molecule has 0 fully saturated rings. The van der Waals surface area contributed by atoms with Crippen molar-refractivity contribution in [3.05, 3.63) is 76.0 Å². The summed E-state index contributed by atoms with van der Waals surface area (Å²) in [6.45, 7) is 1.17. The second-order valence-corrected chi connectivity index (χ2v) is 8.79. The van der Waals surface area contributed by atoms with E-state index >= 15 is 0 Å². The van der Waals surface area contributed by atoms with Gasteiger partial charge >= 0.3 is 6.03 Å². The van der Waals surface area contributed by atoms with Gasteiger partial charge in [-0.1, -0.05) is 0 Å². The zero-order valence-electron chi connectivity index (χ0n) is 16.7. The molecule has 0 aliphatic rings. The van der Waals surface area contributed by atoms with E-state index in [2.05, 4.69) is 10.3 Å². The Morgan fingerprint density at radius 3 is 2.31 bits per heavy atom. The van der Waals surface area contributed by atoms with E-state index in [1.165, 1.54) is 25.3 Å². The Bertz CT molecular complexity index is 1330. The number of rotatable bonds is 6. The van der Waals surface area contributed by atoms with Crippen molar-refractivity contribution in [1.29, 1.82) is 0 Å². The summed E-state index contributed by atoms with van der Waals surface area (Å²) in [5.41, 5.74) is -0.187. The molecule has 170 valence electrons. The highest BCUT2D eigenvalue weighted by atomic mass is 32.2. The van der Waals surface area contributed by atoms with Crippen molar-refractivity contribution >= 4 is 32.5 Å². The van der Waals surface area contributed by atoms with E-state index in [0.29, 0.717) is 0 Å². The number of hydrogen-bond acceptors (Lipinski definition) is 4. The van der Waals surface area contributed by atoms with Crippen molar-refractivity contribution < 1.29 is 26.4 Å². The van der Waals surface area contributed by atoms with Gasteiger partial charge in [0, 0.05) is 18.4 Å². The number of benzene rings is 2. The quantitative estimate of drug-likeness (QED) is 0.514. The predicted octanol–water partition coefficient (Wildman–Crippen LogP) is 2.83. The average molecular weight is 468 g/mol. The van der Waals surface area contributed by atoms with E-state index in [9.17, 15) is 31.2 Å². The topological polar surface area (TPSA) is 125 Å². The molecule has 32 heavy (non-hydrogen) atoms. The van der Waals surface area contributed by atoms with Gasteiger partial charge in [-0.2, -0.15) is 0 Å².